The summed E-state index contributed by atoms with van der Waals surface area (Å²) in [6, 6.07) is 0. The molecule has 3 heteroatoms. The molecule has 0 atom stereocenters. The summed E-state index contributed by atoms with van der Waals surface area (Å²) in [5.41, 5.74) is 0. The van der Waals surface area contributed by atoms with E-state index in [0.29, 0.717) is 0 Å². The van der Waals surface area contributed by atoms with E-state index in [0.717, 1.165) is 0 Å². The van der Waals surface area contributed by atoms with Crippen LogP contribution in [-0.4, -0.2) is 50.1 Å². The molecular formula is C11H26N2S. The summed E-state index contributed by atoms with van der Waals surface area (Å²) in [6.45, 7) is 7.04. The quantitative estimate of drug-likeness (QED) is 0.565. The molecule has 0 spiro atoms. The smallest absolute Gasteiger partial charge is 0.00692 e. The maximum Gasteiger partial charge on any atom is 0.00692 e. The summed E-state index contributed by atoms with van der Waals surface area (Å²) >= 11 is 1.93. The maximum atomic E-state index is 3.43. The molecule has 0 unspecified atom stereocenters. The van der Waals surface area contributed by atoms with Gasteiger partial charge < -0.3 is 10.2 Å². The molecule has 0 rings (SSSR count). The third-order valence-electron chi connectivity index (χ3n) is 2.25. The van der Waals surface area contributed by atoms with Gasteiger partial charge in [-0.05, 0) is 52.2 Å². The van der Waals surface area contributed by atoms with Crippen LogP contribution in [0.4, 0.5) is 0 Å². The van der Waals surface area contributed by atoms with Crippen LogP contribution in [0.15, 0.2) is 0 Å². The standard InChI is InChI=1S/C11H26N2S/c1-4-7-12-8-5-6-9-13(2)10-11-14-3/h12H,4-11H2,1-3H3. The highest BCUT2D eigenvalue weighted by molar-refractivity contribution is 7.98. The van der Waals surface area contributed by atoms with Crippen LogP contribution in [0.5, 0.6) is 0 Å². The molecule has 0 aliphatic rings. The second kappa shape index (κ2) is 11.3. The van der Waals surface area contributed by atoms with E-state index < -0.39 is 0 Å². The third kappa shape index (κ3) is 10.4. The molecule has 0 aromatic carbocycles. The zero-order valence-corrected chi connectivity index (χ0v) is 10.8. The Morgan fingerprint density at radius 3 is 2.57 bits per heavy atom. The van der Waals surface area contributed by atoms with E-state index >= 15 is 0 Å². The zero-order valence-electron chi connectivity index (χ0n) is 10.0. The largest absolute Gasteiger partial charge is 0.317 e. The van der Waals surface area contributed by atoms with Crippen LogP contribution in [-0.2, 0) is 0 Å². The summed E-state index contributed by atoms with van der Waals surface area (Å²) in [7, 11) is 2.22. The lowest BCUT2D eigenvalue weighted by molar-refractivity contribution is 0.345. The van der Waals surface area contributed by atoms with Crippen LogP contribution in [0.3, 0.4) is 0 Å². The van der Waals surface area contributed by atoms with Crippen molar-refractivity contribution < 1.29 is 0 Å². The number of nitrogens with one attached hydrogen (secondary N) is 1. The Morgan fingerprint density at radius 1 is 1.14 bits per heavy atom. The highest BCUT2D eigenvalue weighted by atomic mass is 32.2. The van der Waals surface area contributed by atoms with E-state index in [1.54, 1.807) is 0 Å². The minimum atomic E-state index is 1.17. The molecule has 86 valence electrons. The average molecular weight is 218 g/mol. The first-order valence-electron chi connectivity index (χ1n) is 5.69. The normalized spacial score (nSPS) is 11.1. The van der Waals surface area contributed by atoms with Crippen molar-refractivity contribution in [3.63, 3.8) is 0 Å². The van der Waals surface area contributed by atoms with Gasteiger partial charge in [-0.25, -0.2) is 0 Å². The van der Waals surface area contributed by atoms with Gasteiger partial charge in [0.15, 0.2) is 0 Å². The van der Waals surface area contributed by atoms with Crippen molar-refractivity contribution >= 4 is 11.8 Å². The topological polar surface area (TPSA) is 15.3 Å². The summed E-state index contributed by atoms with van der Waals surface area (Å²) in [6.07, 6.45) is 6.04. The molecule has 14 heavy (non-hydrogen) atoms. The van der Waals surface area contributed by atoms with E-state index in [4.69, 9.17) is 0 Å². The molecule has 1 N–H and O–H groups in total. The predicted molar refractivity (Wildman–Crippen MR) is 68.3 cm³/mol. The first-order chi connectivity index (χ1) is 6.81. The van der Waals surface area contributed by atoms with Gasteiger partial charge in [0, 0.05) is 12.3 Å². The summed E-state index contributed by atoms with van der Waals surface area (Å²) in [4.78, 5) is 2.43. The molecule has 0 saturated heterocycles. The fourth-order valence-corrected chi connectivity index (χ4v) is 1.79. The van der Waals surface area contributed by atoms with Gasteiger partial charge >= 0.3 is 0 Å². The van der Waals surface area contributed by atoms with E-state index in [1.165, 1.54) is 51.2 Å². The van der Waals surface area contributed by atoms with Crippen molar-refractivity contribution in [3.8, 4) is 0 Å². The monoisotopic (exact) mass is 218 g/mol. The highest BCUT2D eigenvalue weighted by Gasteiger charge is 1.96. The van der Waals surface area contributed by atoms with Gasteiger partial charge in [-0.1, -0.05) is 6.92 Å². The number of unbranched alkanes of at least 4 members (excludes halogenated alkanes) is 1. The van der Waals surface area contributed by atoms with Gasteiger partial charge in [-0.15, -0.1) is 0 Å². The molecule has 0 saturated carbocycles. The van der Waals surface area contributed by atoms with E-state index in [9.17, 15) is 0 Å². The second-order valence-corrected chi connectivity index (χ2v) is 4.74. The SMILES string of the molecule is CCCNCCCCN(C)CCSC. The van der Waals surface area contributed by atoms with Crippen molar-refractivity contribution in [1.29, 1.82) is 0 Å². The minimum absolute atomic E-state index is 1.17. The lowest BCUT2D eigenvalue weighted by Crippen LogP contribution is -2.23. The Morgan fingerprint density at radius 2 is 1.93 bits per heavy atom. The Kier molecular flexibility index (Phi) is 11.6. The zero-order chi connectivity index (χ0) is 10.6. The second-order valence-electron chi connectivity index (χ2n) is 3.75. The van der Waals surface area contributed by atoms with E-state index in [-0.39, 0.29) is 0 Å². The molecule has 0 heterocycles. The van der Waals surface area contributed by atoms with Gasteiger partial charge in [-0.2, -0.15) is 11.8 Å². The molecule has 0 aliphatic heterocycles. The van der Waals surface area contributed by atoms with Crippen LogP contribution in [0, 0.1) is 0 Å². The fraction of sp³-hybridized carbons (Fsp3) is 1.00. The fourth-order valence-electron chi connectivity index (χ4n) is 1.29. The van der Waals surface area contributed by atoms with Gasteiger partial charge in [0.1, 0.15) is 0 Å². The Labute approximate surface area is 93.8 Å². The first-order valence-corrected chi connectivity index (χ1v) is 7.08. The first kappa shape index (κ1) is 14.3. The van der Waals surface area contributed by atoms with Crippen LogP contribution in [0.2, 0.25) is 0 Å². The van der Waals surface area contributed by atoms with Crippen molar-refractivity contribution in [3.05, 3.63) is 0 Å². The van der Waals surface area contributed by atoms with Crippen LogP contribution in [0.25, 0.3) is 0 Å². The molecule has 2 nitrogen and oxygen atoms in total. The maximum absolute atomic E-state index is 3.43. The third-order valence-corrected chi connectivity index (χ3v) is 2.84. The molecule has 0 aromatic rings. The number of hydrogen-bond donors (Lipinski definition) is 1. The Hall–Kier alpha value is 0.270. The summed E-state index contributed by atoms with van der Waals surface area (Å²) < 4.78 is 0. The van der Waals surface area contributed by atoms with Crippen molar-refractivity contribution in [2.24, 2.45) is 0 Å². The summed E-state index contributed by atoms with van der Waals surface area (Å²) in [5, 5.41) is 3.43. The molecule has 0 amide bonds. The molecule has 0 aromatic heterocycles. The molecule has 0 bridgehead atoms. The number of rotatable bonds is 10. The molecule has 0 radical (unpaired) electrons. The van der Waals surface area contributed by atoms with Gasteiger partial charge in [0.2, 0.25) is 0 Å². The van der Waals surface area contributed by atoms with Gasteiger partial charge in [-0.3, -0.25) is 0 Å². The summed E-state index contributed by atoms with van der Waals surface area (Å²) in [5.74, 6) is 1.25. The number of nitrogens with zero attached hydrogens (tertiary/aromatic N) is 1. The average Bonchev–Trinajstić information content (AvgIpc) is 2.20. The lowest BCUT2D eigenvalue weighted by Gasteiger charge is -2.15. The van der Waals surface area contributed by atoms with Crippen LogP contribution < -0.4 is 5.32 Å². The molecule has 0 aliphatic carbocycles. The van der Waals surface area contributed by atoms with Gasteiger partial charge in [0.25, 0.3) is 0 Å². The van der Waals surface area contributed by atoms with Crippen LogP contribution in [0.1, 0.15) is 26.2 Å². The Bertz CT molecular complexity index is 109. The highest BCUT2D eigenvalue weighted by Crippen LogP contribution is 1.96. The van der Waals surface area contributed by atoms with Crippen molar-refractivity contribution in [2.75, 3.05) is 45.2 Å². The van der Waals surface area contributed by atoms with Crippen molar-refractivity contribution in [2.45, 2.75) is 26.2 Å². The molecule has 0 fully saturated rings. The van der Waals surface area contributed by atoms with Crippen LogP contribution >= 0.6 is 11.8 Å². The predicted octanol–water partition coefficient (Wildman–Crippen LogP) is 2.06. The lowest BCUT2D eigenvalue weighted by atomic mass is 10.3. The van der Waals surface area contributed by atoms with E-state index in [2.05, 4.69) is 30.4 Å². The minimum Gasteiger partial charge on any atom is -0.317 e. The number of thioether (sulfide) groups is 1. The number of hydrogen-bond acceptors (Lipinski definition) is 3. The van der Waals surface area contributed by atoms with Crippen molar-refractivity contribution in [1.82, 2.24) is 10.2 Å². The molecular weight excluding hydrogens is 192 g/mol. The Balaban J connectivity index is 3.02. The van der Waals surface area contributed by atoms with E-state index in [1.807, 2.05) is 11.8 Å². The van der Waals surface area contributed by atoms with Gasteiger partial charge in [0.05, 0.1) is 0 Å².